The van der Waals surface area contributed by atoms with Gasteiger partial charge < -0.3 is 14.9 Å². The lowest BCUT2D eigenvalue weighted by atomic mass is 9.92. The molecule has 0 saturated carbocycles. The number of aromatic hydroxyl groups is 1. The van der Waals surface area contributed by atoms with Crippen molar-refractivity contribution in [1.82, 2.24) is 15.5 Å². The first-order chi connectivity index (χ1) is 16.1. The van der Waals surface area contributed by atoms with Crippen molar-refractivity contribution in [2.45, 2.75) is 13.0 Å². The molecule has 1 heterocycles. The van der Waals surface area contributed by atoms with Crippen LogP contribution in [-0.2, 0) is 0 Å². The largest absolute Gasteiger partial charge is 0.508 e. The molecule has 0 aliphatic rings. The van der Waals surface area contributed by atoms with E-state index < -0.39 is 6.04 Å². The minimum absolute atomic E-state index is 0.130. The van der Waals surface area contributed by atoms with Crippen molar-refractivity contribution in [2.75, 3.05) is 0 Å². The van der Waals surface area contributed by atoms with E-state index >= 15 is 0 Å². The number of nitrogens with one attached hydrogen (secondary N) is 1. The second-order valence-corrected chi connectivity index (χ2v) is 7.76. The highest BCUT2D eigenvalue weighted by molar-refractivity contribution is 5.96. The van der Waals surface area contributed by atoms with Gasteiger partial charge in [0.1, 0.15) is 5.75 Å². The van der Waals surface area contributed by atoms with Gasteiger partial charge in [0, 0.05) is 16.7 Å². The van der Waals surface area contributed by atoms with Crippen molar-refractivity contribution in [3.63, 3.8) is 0 Å². The number of carbonyl (C=O) groups is 1. The van der Waals surface area contributed by atoms with Crippen molar-refractivity contribution in [2.24, 2.45) is 0 Å². The van der Waals surface area contributed by atoms with E-state index in [1.54, 1.807) is 37.3 Å². The van der Waals surface area contributed by atoms with Crippen molar-refractivity contribution < 1.29 is 14.4 Å². The van der Waals surface area contributed by atoms with Crippen LogP contribution in [0.3, 0.4) is 0 Å². The van der Waals surface area contributed by atoms with Crippen molar-refractivity contribution in [1.29, 1.82) is 0 Å². The maximum absolute atomic E-state index is 13.3. The van der Waals surface area contributed by atoms with E-state index in [1.165, 1.54) is 0 Å². The third kappa shape index (κ3) is 4.06. The van der Waals surface area contributed by atoms with Gasteiger partial charge in [-0.1, -0.05) is 65.8 Å². The second-order valence-electron chi connectivity index (χ2n) is 7.76. The van der Waals surface area contributed by atoms with Crippen LogP contribution in [0.25, 0.3) is 22.2 Å². The monoisotopic (exact) mass is 435 g/mol. The lowest BCUT2D eigenvalue weighted by Crippen LogP contribution is -2.29. The van der Waals surface area contributed by atoms with E-state index in [9.17, 15) is 9.90 Å². The van der Waals surface area contributed by atoms with Gasteiger partial charge in [0.15, 0.2) is 5.82 Å². The van der Waals surface area contributed by atoms with Gasteiger partial charge in [0.05, 0.1) is 6.04 Å². The van der Waals surface area contributed by atoms with Crippen LogP contribution < -0.4 is 5.32 Å². The quantitative estimate of drug-likeness (QED) is 0.385. The summed E-state index contributed by atoms with van der Waals surface area (Å²) in [5, 5.41) is 19.6. The highest BCUT2D eigenvalue weighted by Crippen LogP contribution is 2.36. The number of hydrogen-bond acceptors (Lipinski definition) is 5. The molecule has 0 saturated heterocycles. The Balaban J connectivity index is 1.52. The molecule has 2 N–H and O–H groups in total. The summed E-state index contributed by atoms with van der Waals surface area (Å²) in [7, 11) is 0. The summed E-state index contributed by atoms with van der Waals surface area (Å²) < 4.78 is 5.20. The van der Waals surface area contributed by atoms with E-state index in [2.05, 4.69) is 15.5 Å². The number of rotatable bonds is 5. The Bertz CT molecular complexity index is 1430. The van der Waals surface area contributed by atoms with Crippen LogP contribution in [0.1, 0.15) is 33.4 Å². The molecule has 4 aromatic carbocycles. The third-order valence-electron chi connectivity index (χ3n) is 5.57. The summed E-state index contributed by atoms with van der Waals surface area (Å²) in [5.41, 5.74) is 2.75. The minimum Gasteiger partial charge on any atom is -0.508 e. The number of carbonyl (C=O) groups excluding carboxylic acids is 1. The van der Waals surface area contributed by atoms with Crippen molar-refractivity contribution in [3.8, 4) is 17.2 Å². The SMILES string of the molecule is Cc1noc(-c2ccc(C(=O)NC(c3ccccc3)c3c(O)ccc4ccccc34)cc2)n1. The van der Waals surface area contributed by atoms with Crippen LogP contribution in [0.5, 0.6) is 5.75 Å². The molecule has 33 heavy (non-hydrogen) atoms. The standard InChI is InChI=1S/C27H21N3O3/c1-17-28-27(33-30-17)21-13-11-20(12-14-21)26(32)29-25(19-8-3-2-4-9-19)24-22-10-6-5-7-18(22)15-16-23(24)31/h2-16,25,31H,1H3,(H,29,32). The van der Waals surface area contributed by atoms with Gasteiger partial charge in [0.2, 0.25) is 0 Å². The number of amides is 1. The average molecular weight is 435 g/mol. The zero-order valence-corrected chi connectivity index (χ0v) is 17.9. The predicted molar refractivity (Wildman–Crippen MR) is 126 cm³/mol. The first kappa shape index (κ1) is 20.5. The molecule has 5 aromatic rings. The molecular formula is C27H21N3O3. The maximum atomic E-state index is 13.3. The Morgan fingerprint density at radius 2 is 1.64 bits per heavy atom. The van der Waals surface area contributed by atoms with E-state index in [4.69, 9.17) is 4.52 Å². The first-order valence-electron chi connectivity index (χ1n) is 10.6. The minimum atomic E-state index is -0.539. The zero-order valence-electron chi connectivity index (χ0n) is 17.9. The number of nitrogens with zero attached hydrogens (tertiary/aromatic N) is 2. The van der Waals surface area contributed by atoms with Crippen LogP contribution in [0.2, 0.25) is 0 Å². The fourth-order valence-corrected chi connectivity index (χ4v) is 3.95. The molecule has 1 unspecified atom stereocenters. The lowest BCUT2D eigenvalue weighted by Gasteiger charge is -2.22. The Morgan fingerprint density at radius 3 is 2.36 bits per heavy atom. The molecule has 0 aliphatic carbocycles. The fourth-order valence-electron chi connectivity index (χ4n) is 3.95. The van der Waals surface area contributed by atoms with Gasteiger partial charge in [-0.05, 0) is 53.6 Å². The number of hydrogen-bond donors (Lipinski definition) is 2. The third-order valence-corrected chi connectivity index (χ3v) is 5.57. The number of phenolic OH excluding ortho intramolecular Hbond substituents is 1. The molecule has 1 amide bonds. The van der Waals surface area contributed by atoms with Crippen LogP contribution >= 0.6 is 0 Å². The van der Waals surface area contributed by atoms with Gasteiger partial charge in [-0.15, -0.1) is 0 Å². The molecule has 0 bridgehead atoms. The van der Waals surface area contributed by atoms with Crippen molar-refractivity contribution >= 4 is 16.7 Å². The zero-order chi connectivity index (χ0) is 22.8. The van der Waals surface area contributed by atoms with E-state index in [1.807, 2.05) is 60.7 Å². The molecule has 5 rings (SSSR count). The number of phenols is 1. The van der Waals surface area contributed by atoms with Crippen molar-refractivity contribution in [3.05, 3.63) is 114 Å². The maximum Gasteiger partial charge on any atom is 0.257 e. The summed E-state index contributed by atoms with van der Waals surface area (Å²) in [6.07, 6.45) is 0. The second kappa shape index (κ2) is 8.59. The molecule has 0 radical (unpaired) electrons. The Hall–Kier alpha value is -4.45. The average Bonchev–Trinajstić information content (AvgIpc) is 3.30. The molecule has 0 spiro atoms. The van der Waals surface area contributed by atoms with Crippen LogP contribution in [0.4, 0.5) is 0 Å². The normalized spacial score (nSPS) is 11.9. The highest BCUT2D eigenvalue weighted by Gasteiger charge is 2.23. The van der Waals surface area contributed by atoms with Crippen LogP contribution in [0.15, 0.2) is 95.5 Å². The lowest BCUT2D eigenvalue weighted by molar-refractivity contribution is 0.0943. The van der Waals surface area contributed by atoms with Gasteiger partial charge in [-0.2, -0.15) is 4.98 Å². The Morgan fingerprint density at radius 1 is 0.909 bits per heavy atom. The molecule has 1 atom stereocenters. The molecule has 0 aliphatic heterocycles. The summed E-state index contributed by atoms with van der Waals surface area (Å²) in [6.45, 7) is 1.75. The number of benzene rings is 4. The topological polar surface area (TPSA) is 88.2 Å². The predicted octanol–water partition coefficient (Wildman–Crippen LogP) is 5.42. The summed E-state index contributed by atoms with van der Waals surface area (Å²) >= 11 is 0. The van der Waals surface area contributed by atoms with Gasteiger partial charge in [-0.25, -0.2) is 0 Å². The number of aryl methyl sites for hydroxylation is 1. The number of aromatic nitrogens is 2. The van der Waals surface area contributed by atoms with Crippen LogP contribution in [0, 0.1) is 6.92 Å². The van der Waals surface area contributed by atoms with Gasteiger partial charge >= 0.3 is 0 Å². The molecule has 6 nitrogen and oxygen atoms in total. The summed E-state index contributed by atoms with van der Waals surface area (Å²) in [6, 6.07) is 27.4. The molecule has 6 heteroatoms. The number of fused-ring (bicyclic) bond motifs is 1. The van der Waals surface area contributed by atoms with Crippen LogP contribution in [-0.4, -0.2) is 21.2 Å². The first-order valence-corrected chi connectivity index (χ1v) is 10.6. The molecular weight excluding hydrogens is 414 g/mol. The summed E-state index contributed by atoms with van der Waals surface area (Å²) in [5.74, 6) is 0.823. The fraction of sp³-hybridized carbons (Fsp3) is 0.0741. The highest BCUT2D eigenvalue weighted by atomic mass is 16.5. The smallest absolute Gasteiger partial charge is 0.257 e. The summed E-state index contributed by atoms with van der Waals surface area (Å²) in [4.78, 5) is 17.5. The Kier molecular flexibility index (Phi) is 5.32. The Labute approximate surface area is 190 Å². The van der Waals surface area contributed by atoms with E-state index in [0.717, 1.165) is 21.9 Å². The van der Waals surface area contributed by atoms with E-state index in [0.29, 0.717) is 22.8 Å². The molecule has 0 fully saturated rings. The van der Waals surface area contributed by atoms with Gasteiger partial charge in [0.25, 0.3) is 11.8 Å². The van der Waals surface area contributed by atoms with Gasteiger partial charge in [-0.3, -0.25) is 4.79 Å². The molecule has 162 valence electrons. The van der Waals surface area contributed by atoms with E-state index in [-0.39, 0.29) is 11.7 Å². The molecule has 1 aromatic heterocycles.